The molecule has 0 bridgehead atoms. The number of nitrogens with one attached hydrogen (secondary N) is 2. The van der Waals surface area contributed by atoms with Gasteiger partial charge in [-0.2, -0.15) is 5.10 Å². The number of carbonyl (C=O) groups excluding carboxylic acids is 1. The summed E-state index contributed by atoms with van der Waals surface area (Å²) in [6, 6.07) is 0. The molecule has 0 unspecified atom stereocenters. The second-order valence-electron chi connectivity index (χ2n) is 2.60. The van der Waals surface area contributed by atoms with E-state index >= 15 is 0 Å². The Morgan fingerprint density at radius 3 is 3.23 bits per heavy atom. The lowest BCUT2D eigenvalue weighted by atomic mass is 10.3. The van der Waals surface area contributed by atoms with Gasteiger partial charge in [-0.15, -0.1) is 0 Å². The van der Waals surface area contributed by atoms with E-state index in [-0.39, 0.29) is 0 Å². The first-order valence-corrected chi connectivity index (χ1v) is 4.14. The molecule has 1 aliphatic heterocycles. The van der Waals surface area contributed by atoms with E-state index in [4.69, 9.17) is 4.74 Å². The maximum Gasteiger partial charge on any atom is 0.411 e. The summed E-state index contributed by atoms with van der Waals surface area (Å²) in [5.74, 6) is 0. The standard InChI is InChI=1S/C8H13N3O2/c1-3-13-8(12)10-7-4-6(2)11-9-5-7/h4,9H,3,5H2,1-2H3,(H,10,12). The van der Waals surface area contributed by atoms with E-state index < -0.39 is 6.09 Å². The van der Waals surface area contributed by atoms with E-state index in [0.717, 1.165) is 11.4 Å². The smallest absolute Gasteiger partial charge is 0.411 e. The first-order valence-electron chi connectivity index (χ1n) is 4.14. The molecule has 0 aliphatic carbocycles. The van der Waals surface area contributed by atoms with Crippen LogP contribution < -0.4 is 10.7 Å². The number of rotatable bonds is 2. The zero-order valence-corrected chi connectivity index (χ0v) is 7.76. The molecule has 13 heavy (non-hydrogen) atoms. The molecule has 0 aromatic heterocycles. The van der Waals surface area contributed by atoms with Crippen molar-refractivity contribution in [3.63, 3.8) is 0 Å². The highest BCUT2D eigenvalue weighted by atomic mass is 16.5. The minimum absolute atomic E-state index is 0.375. The molecule has 0 saturated heterocycles. The van der Waals surface area contributed by atoms with Crippen LogP contribution >= 0.6 is 0 Å². The Balaban J connectivity index is 2.45. The molecular weight excluding hydrogens is 170 g/mol. The van der Waals surface area contributed by atoms with Crippen molar-refractivity contribution in [3.05, 3.63) is 11.8 Å². The predicted octanol–water partition coefficient (Wildman–Crippen LogP) is 0.596. The molecule has 5 heteroatoms. The van der Waals surface area contributed by atoms with Crippen LogP contribution in [0.15, 0.2) is 16.9 Å². The quantitative estimate of drug-likeness (QED) is 0.658. The fraction of sp³-hybridized carbons (Fsp3) is 0.500. The van der Waals surface area contributed by atoms with Crippen molar-refractivity contribution in [1.82, 2.24) is 10.7 Å². The highest BCUT2D eigenvalue weighted by molar-refractivity contribution is 5.94. The monoisotopic (exact) mass is 183 g/mol. The predicted molar refractivity (Wildman–Crippen MR) is 49.4 cm³/mol. The third-order valence-electron chi connectivity index (χ3n) is 1.45. The van der Waals surface area contributed by atoms with Crippen molar-refractivity contribution < 1.29 is 9.53 Å². The van der Waals surface area contributed by atoms with Crippen molar-refractivity contribution in [2.45, 2.75) is 13.8 Å². The number of hydrogen-bond donors (Lipinski definition) is 2. The summed E-state index contributed by atoms with van der Waals surface area (Å²) in [7, 11) is 0. The zero-order chi connectivity index (χ0) is 9.68. The number of alkyl carbamates (subject to hydrolysis) is 1. The summed E-state index contributed by atoms with van der Waals surface area (Å²) in [5, 5.41) is 6.54. The first kappa shape index (κ1) is 9.57. The highest BCUT2D eigenvalue weighted by Crippen LogP contribution is 1.95. The molecule has 1 aliphatic rings. The van der Waals surface area contributed by atoms with Gasteiger partial charge in [-0.1, -0.05) is 0 Å². The molecule has 5 nitrogen and oxygen atoms in total. The van der Waals surface area contributed by atoms with Crippen molar-refractivity contribution in [1.29, 1.82) is 0 Å². The van der Waals surface area contributed by atoms with Gasteiger partial charge in [0.05, 0.1) is 18.9 Å². The Hall–Kier alpha value is -1.52. The van der Waals surface area contributed by atoms with Gasteiger partial charge in [0.2, 0.25) is 0 Å². The van der Waals surface area contributed by atoms with Crippen molar-refractivity contribution in [2.24, 2.45) is 5.10 Å². The summed E-state index contributed by atoms with van der Waals surface area (Å²) >= 11 is 0. The van der Waals surface area contributed by atoms with Gasteiger partial charge in [0.25, 0.3) is 0 Å². The van der Waals surface area contributed by atoms with Crippen LogP contribution in [0.3, 0.4) is 0 Å². The molecule has 0 atom stereocenters. The molecule has 0 saturated carbocycles. The van der Waals surface area contributed by atoms with Crippen LogP contribution in [0.2, 0.25) is 0 Å². The normalized spacial score (nSPS) is 15.2. The summed E-state index contributed by atoms with van der Waals surface area (Å²) in [6.45, 7) is 4.51. The van der Waals surface area contributed by atoms with Crippen LogP contribution in [0.25, 0.3) is 0 Å². The van der Waals surface area contributed by atoms with E-state index in [9.17, 15) is 4.79 Å². The summed E-state index contributed by atoms with van der Waals surface area (Å²) in [6.07, 6.45) is 1.37. The molecule has 2 N–H and O–H groups in total. The van der Waals surface area contributed by atoms with Gasteiger partial charge in [0.15, 0.2) is 0 Å². The molecule has 1 rings (SSSR count). The lowest BCUT2D eigenvalue weighted by Gasteiger charge is -2.13. The SMILES string of the molecule is CCOC(=O)NC1=CC(C)=NNC1. The van der Waals surface area contributed by atoms with Gasteiger partial charge in [0, 0.05) is 5.70 Å². The summed E-state index contributed by atoms with van der Waals surface area (Å²) in [4.78, 5) is 11.0. The third kappa shape index (κ3) is 3.14. The topological polar surface area (TPSA) is 62.7 Å². The van der Waals surface area contributed by atoms with Crippen LogP contribution in [0.4, 0.5) is 4.79 Å². The molecule has 0 aromatic rings. The Labute approximate surface area is 76.8 Å². The number of hydrazone groups is 1. The van der Waals surface area contributed by atoms with Crippen molar-refractivity contribution >= 4 is 11.8 Å². The first-order chi connectivity index (χ1) is 6.22. The van der Waals surface area contributed by atoms with Crippen LogP contribution in [-0.2, 0) is 4.74 Å². The van der Waals surface area contributed by atoms with Crippen molar-refractivity contribution in [2.75, 3.05) is 13.2 Å². The Kier molecular flexibility index (Phi) is 3.31. The number of amides is 1. The van der Waals surface area contributed by atoms with E-state index in [1.54, 1.807) is 13.0 Å². The molecule has 0 fully saturated rings. The average Bonchev–Trinajstić information content (AvgIpc) is 2.04. The van der Waals surface area contributed by atoms with Crippen LogP contribution in [0.5, 0.6) is 0 Å². The Morgan fingerprint density at radius 1 is 1.85 bits per heavy atom. The van der Waals surface area contributed by atoms with Gasteiger partial charge in [-0.3, -0.25) is 5.32 Å². The molecule has 0 aromatic carbocycles. The molecule has 1 heterocycles. The average molecular weight is 183 g/mol. The molecule has 0 radical (unpaired) electrons. The summed E-state index contributed by atoms with van der Waals surface area (Å²) in [5.41, 5.74) is 4.38. The van der Waals surface area contributed by atoms with Crippen LogP contribution in [0.1, 0.15) is 13.8 Å². The van der Waals surface area contributed by atoms with Gasteiger partial charge in [-0.25, -0.2) is 4.79 Å². The minimum Gasteiger partial charge on any atom is -0.450 e. The maximum atomic E-state index is 11.0. The Morgan fingerprint density at radius 2 is 2.62 bits per heavy atom. The lowest BCUT2D eigenvalue weighted by Crippen LogP contribution is -2.31. The number of ether oxygens (including phenoxy) is 1. The molecule has 72 valence electrons. The van der Waals surface area contributed by atoms with E-state index in [0.29, 0.717) is 13.2 Å². The third-order valence-corrected chi connectivity index (χ3v) is 1.45. The summed E-state index contributed by atoms with van der Waals surface area (Å²) < 4.78 is 4.72. The highest BCUT2D eigenvalue weighted by Gasteiger charge is 2.07. The van der Waals surface area contributed by atoms with E-state index in [1.165, 1.54) is 0 Å². The lowest BCUT2D eigenvalue weighted by molar-refractivity contribution is 0.155. The van der Waals surface area contributed by atoms with E-state index in [1.807, 2.05) is 6.92 Å². The second kappa shape index (κ2) is 4.49. The molecule has 1 amide bonds. The maximum absolute atomic E-state index is 11.0. The number of hydrogen-bond acceptors (Lipinski definition) is 4. The largest absolute Gasteiger partial charge is 0.450 e. The number of nitrogens with zero attached hydrogens (tertiary/aromatic N) is 1. The number of allylic oxidation sites excluding steroid dienone is 1. The van der Waals surface area contributed by atoms with E-state index in [2.05, 4.69) is 15.8 Å². The van der Waals surface area contributed by atoms with Gasteiger partial charge < -0.3 is 10.2 Å². The minimum atomic E-state index is -0.426. The molecular formula is C8H13N3O2. The van der Waals surface area contributed by atoms with Gasteiger partial charge in [-0.05, 0) is 19.9 Å². The van der Waals surface area contributed by atoms with Gasteiger partial charge >= 0.3 is 6.09 Å². The van der Waals surface area contributed by atoms with Crippen LogP contribution in [-0.4, -0.2) is 25.0 Å². The second-order valence-corrected chi connectivity index (χ2v) is 2.60. The zero-order valence-electron chi connectivity index (χ0n) is 7.76. The Bertz CT molecular complexity index is 258. The molecule has 0 spiro atoms. The van der Waals surface area contributed by atoms with Crippen molar-refractivity contribution in [3.8, 4) is 0 Å². The number of carbonyl (C=O) groups is 1. The van der Waals surface area contributed by atoms with Gasteiger partial charge in [0.1, 0.15) is 0 Å². The fourth-order valence-electron chi connectivity index (χ4n) is 0.963. The fourth-order valence-corrected chi connectivity index (χ4v) is 0.963. The van der Waals surface area contributed by atoms with Crippen LogP contribution in [0, 0.1) is 0 Å².